The summed E-state index contributed by atoms with van der Waals surface area (Å²) in [7, 11) is 0. The quantitative estimate of drug-likeness (QED) is 0.802. The molecule has 2 aromatic rings. The number of urea groups is 1. The van der Waals surface area contributed by atoms with Crippen LogP contribution in [0.2, 0.25) is 0 Å². The maximum absolute atomic E-state index is 13.4. The van der Waals surface area contributed by atoms with Gasteiger partial charge in [0.15, 0.2) is 0 Å². The Labute approximate surface area is 113 Å². The lowest BCUT2D eigenvalue weighted by Gasteiger charge is -2.08. The van der Waals surface area contributed by atoms with Gasteiger partial charge in [0, 0.05) is 11.9 Å². The molecule has 0 radical (unpaired) electrons. The summed E-state index contributed by atoms with van der Waals surface area (Å²) in [6.07, 6.45) is 3.01. The van der Waals surface area contributed by atoms with E-state index < -0.39 is 23.4 Å². The highest BCUT2D eigenvalue weighted by Gasteiger charge is 2.11. The predicted molar refractivity (Wildman–Crippen MR) is 70.2 cm³/mol. The fourth-order valence-electron chi connectivity index (χ4n) is 1.50. The molecule has 0 fully saturated rings. The van der Waals surface area contributed by atoms with Crippen molar-refractivity contribution in [3.05, 3.63) is 54.1 Å². The molecular weight excluding hydrogens is 265 g/mol. The number of carboxylic acid groups (broad SMARTS) is 1. The van der Waals surface area contributed by atoms with Crippen molar-refractivity contribution in [3.63, 3.8) is 0 Å². The van der Waals surface area contributed by atoms with Crippen LogP contribution in [0, 0.1) is 5.82 Å². The lowest BCUT2D eigenvalue weighted by atomic mass is 10.2. The van der Waals surface area contributed by atoms with Gasteiger partial charge >= 0.3 is 12.0 Å². The van der Waals surface area contributed by atoms with Gasteiger partial charge in [0.25, 0.3) is 0 Å². The second-order valence-electron chi connectivity index (χ2n) is 3.82. The second-order valence-corrected chi connectivity index (χ2v) is 3.82. The van der Waals surface area contributed by atoms with Crippen molar-refractivity contribution in [1.29, 1.82) is 0 Å². The topological polar surface area (TPSA) is 91.3 Å². The number of aromatic carboxylic acids is 1. The van der Waals surface area contributed by atoms with Crippen LogP contribution in [0.1, 0.15) is 10.4 Å². The Bertz CT molecular complexity index is 647. The monoisotopic (exact) mass is 275 g/mol. The number of benzene rings is 1. The fraction of sp³-hybridized carbons (Fsp3) is 0. The molecule has 102 valence electrons. The summed E-state index contributed by atoms with van der Waals surface area (Å²) in [6, 6.07) is 6.02. The Balaban J connectivity index is 2.05. The summed E-state index contributed by atoms with van der Waals surface area (Å²) in [5.74, 6) is -2.29. The average molecular weight is 275 g/mol. The van der Waals surface area contributed by atoms with Crippen molar-refractivity contribution in [2.45, 2.75) is 0 Å². The molecule has 0 aliphatic rings. The highest BCUT2D eigenvalue weighted by molar-refractivity contribution is 6.00. The molecule has 0 saturated carbocycles. The zero-order valence-electron chi connectivity index (χ0n) is 10.1. The van der Waals surface area contributed by atoms with Crippen LogP contribution in [-0.4, -0.2) is 22.1 Å². The third kappa shape index (κ3) is 3.29. The minimum absolute atomic E-state index is 0.147. The van der Waals surface area contributed by atoms with Crippen LogP contribution < -0.4 is 10.6 Å². The summed E-state index contributed by atoms with van der Waals surface area (Å²) in [4.78, 5) is 26.1. The molecule has 2 amide bonds. The van der Waals surface area contributed by atoms with Gasteiger partial charge in [-0.2, -0.15) is 0 Å². The van der Waals surface area contributed by atoms with Gasteiger partial charge in [0.05, 0.1) is 17.4 Å². The molecule has 2 rings (SSSR count). The van der Waals surface area contributed by atoms with E-state index in [1.54, 1.807) is 18.3 Å². The minimum atomic E-state index is -1.37. The Morgan fingerprint density at radius 3 is 2.50 bits per heavy atom. The molecule has 6 nitrogen and oxygen atoms in total. The number of nitrogens with one attached hydrogen (secondary N) is 2. The number of rotatable bonds is 3. The van der Waals surface area contributed by atoms with E-state index in [4.69, 9.17) is 5.11 Å². The molecule has 0 unspecified atom stereocenters. The summed E-state index contributed by atoms with van der Waals surface area (Å²) in [5.41, 5.74) is 0.171. The molecule has 1 aromatic heterocycles. The van der Waals surface area contributed by atoms with Gasteiger partial charge in [-0.15, -0.1) is 0 Å². The number of halogens is 1. The van der Waals surface area contributed by atoms with Crippen molar-refractivity contribution >= 4 is 23.4 Å². The zero-order chi connectivity index (χ0) is 14.5. The van der Waals surface area contributed by atoms with Gasteiger partial charge < -0.3 is 15.7 Å². The van der Waals surface area contributed by atoms with E-state index in [2.05, 4.69) is 15.6 Å². The second kappa shape index (κ2) is 5.79. The van der Waals surface area contributed by atoms with Gasteiger partial charge in [0.1, 0.15) is 5.82 Å². The van der Waals surface area contributed by atoms with E-state index in [1.807, 2.05) is 0 Å². The Morgan fingerprint density at radius 2 is 1.90 bits per heavy atom. The number of carboxylic acids is 1. The summed E-state index contributed by atoms with van der Waals surface area (Å²) < 4.78 is 13.4. The molecule has 7 heteroatoms. The molecule has 1 aromatic carbocycles. The number of carbonyl (C=O) groups excluding carboxylic acids is 1. The van der Waals surface area contributed by atoms with Crippen LogP contribution in [0.25, 0.3) is 0 Å². The van der Waals surface area contributed by atoms with Crippen molar-refractivity contribution < 1.29 is 19.1 Å². The number of hydrogen-bond donors (Lipinski definition) is 3. The fourth-order valence-corrected chi connectivity index (χ4v) is 1.50. The van der Waals surface area contributed by atoms with Gasteiger partial charge in [-0.05, 0) is 30.3 Å². The van der Waals surface area contributed by atoms with Crippen molar-refractivity contribution in [3.8, 4) is 0 Å². The van der Waals surface area contributed by atoms with E-state index >= 15 is 0 Å². The number of aromatic nitrogens is 1. The van der Waals surface area contributed by atoms with Crippen molar-refractivity contribution in [2.75, 3.05) is 10.6 Å². The van der Waals surface area contributed by atoms with E-state index in [0.717, 1.165) is 12.1 Å². The molecule has 20 heavy (non-hydrogen) atoms. The lowest BCUT2D eigenvalue weighted by Crippen LogP contribution is -2.19. The van der Waals surface area contributed by atoms with Crippen LogP contribution in [0.5, 0.6) is 0 Å². The summed E-state index contributed by atoms with van der Waals surface area (Å²) >= 11 is 0. The molecule has 0 spiro atoms. The number of carbonyl (C=O) groups is 2. The molecular formula is C13H10FN3O3. The van der Waals surface area contributed by atoms with E-state index in [1.165, 1.54) is 12.3 Å². The molecule has 1 heterocycles. The predicted octanol–water partition coefficient (Wildman–Crippen LogP) is 2.56. The van der Waals surface area contributed by atoms with Crippen LogP contribution >= 0.6 is 0 Å². The first-order valence-electron chi connectivity index (χ1n) is 5.57. The largest absolute Gasteiger partial charge is 0.478 e. The number of pyridine rings is 1. The molecule has 3 N–H and O–H groups in total. The number of amides is 2. The molecule has 0 bridgehead atoms. The van der Waals surface area contributed by atoms with Gasteiger partial charge in [-0.3, -0.25) is 4.98 Å². The molecule has 0 saturated heterocycles. The Hall–Kier alpha value is -2.96. The van der Waals surface area contributed by atoms with Gasteiger partial charge in [0.2, 0.25) is 0 Å². The average Bonchev–Trinajstić information content (AvgIpc) is 2.39. The third-order valence-corrected chi connectivity index (χ3v) is 2.38. The lowest BCUT2D eigenvalue weighted by molar-refractivity contribution is 0.0692. The maximum atomic E-state index is 13.4. The number of hydrogen-bond acceptors (Lipinski definition) is 3. The Morgan fingerprint density at radius 1 is 1.15 bits per heavy atom. The first-order valence-corrected chi connectivity index (χ1v) is 5.57. The van der Waals surface area contributed by atoms with Crippen LogP contribution in [-0.2, 0) is 0 Å². The molecule has 0 aliphatic heterocycles. The Kier molecular flexibility index (Phi) is 3.90. The first kappa shape index (κ1) is 13.5. The normalized spacial score (nSPS) is 9.85. The van der Waals surface area contributed by atoms with Crippen molar-refractivity contribution in [2.24, 2.45) is 0 Å². The van der Waals surface area contributed by atoms with Gasteiger partial charge in [-0.25, -0.2) is 14.0 Å². The van der Waals surface area contributed by atoms with Crippen LogP contribution in [0.15, 0.2) is 42.7 Å². The standard InChI is InChI=1S/C13H10FN3O3/c14-11-6-8(3-4-10(11)12(18)19)16-13(20)17-9-2-1-5-15-7-9/h1-7H,(H,18,19)(H2,16,17,20). The third-order valence-electron chi connectivity index (χ3n) is 2.38. The van der Waals surface area contributed by atoms with Crippen LogP contribution in [0.3, 0.4) is 0 Å². The summed E-state index contributed by atoms with van der Waals surface area (Å²) in [6.45, 7) is 0. The SMILES string of the molecule is O=C(Nc1cccnc1)Nc1ccc(C(=O)O)c(F)c1. The van der Waals surface area contributed by atoms with Gasteiger partial charge in [-0.1, -0.05) is 0 Å². The zero-order valence-corrected chi connectivity index (χ0v) is 10.1. The summed E-state index contributed by atoms with van der Waals surface area (Å²) in [5, 5.41) is 13.6. The first-order chi connectivity index (χ1) is 9.56. The molecule has 0 atom stereocenters. The van der Waals surface area contributed by atoms with E-state index in [-0.39, 0.29) is 5.69 Å². The minimum Gasteiger partial charge on any atom is -0.478 e. The molecule has 0 aliphatic carbocycles. The van der Waals surface area contributed by atoms with Crippen molar-refractivity contribution in [1.82, 2.24) is 4.98 Å². The number of nitrogens with zero attached hydrogens (tertiary/aromatic N) is 1. The highest BCUT2D eigenvalue weighted by Crippen LogP contribution is 2.15. The maximum Gasteiger partial charge on any atom is 0.338 e. The van der Waals surface area contributed by atoms with Crippen LogP contribution in [0.4, 0.5) is 20.6 Å². The number of anilines is 2. The smallest absolute Gasteiger partial charge is 0.338 e. The van der Waals surface area contributed by atoms with E-state index in [9.17, 15) is 14.0 Å². The van der Waals surface area contributed by atoms with E-state index in [0.29, 0.717) is 5.69 Å². The highest BCUT2D eigenvalue weighted by atomic mass is 19.1.